The van der Waals surface area contributed by atoms with Crippen LogP contribution in [0.15, 0.2) is 48.9 Å². The van der Waals surface area contributed by atoms with Gasteiger partial charge in [-0.25, -0.2) is 0 Å². The highest BCUT2D eigenvalue weighted by molar-refractivity contribution is 5.86. The normalized spacial score (nSPS) is 17.5. The fourth-order valence-electron chi connectivity index (χ4n) is 3.63. The summed E-state index contributed by atoms with van der Waals surface area (Å²) in [5, 5.41) is 6.85. The molecule has 1 saturated heterocycles. The van der Waals surface area contributed by atoms with Gasteiger partial charge in [-0.3, -0.25) is 20.1 Å². The van der Waals surface area contributed by atoms with Crippen LogP contribution in [0.2, 0.25) is 0 Å². The second-order valence-corrected chi connectivity index (χ2v) is 6.93. The van der Waals surface area contributed by atoms with E-state index in [-0.39, 0.29) is 0 Å². The molecule has 3 heterocycles. The molecular weight excluding hydrogens is 326 g/mol. The molecule has 1 unspecified atom stereocenters. The number of hydrogen-bond donors (Lipinski definition) is 3. The van der Waals surface area contributed by atoms with Crippen LogP contribution in [0.5, 0.6) is 0 Å². The quantitative estimate of drug-likeness (QED) is 0.667. The molecule has 4 N–H and O–H groups in total. The molecule has 0 radical (unpaired) electrons. The van der Waals surface area contributed by atoms with Crippen molar-refractivity contribution in [1.82, 2.24) is 20.6 Å². The van der Waals surface area contributed by atoms with E-state index >= 15 is 0 Å². The average Bonchev–Trinajstić information content (AvgIpc) is 2.69. The van der Waals surface area contributed by atoms with Gasteiger partial charge in [-0.15, -0.1) is 0 Å². The van der Waals surface area contributed by atoms with Gasteiger partial charge in [0.15, 0.2) is 0 Å². The van der Waals surface area contributed by atoms with Gasteiger partial charge in [-0.1, -0.05) is 6.07 Å². The Kier molecular flexibility index (Phi) is 6.30. The van der Waals surface area contributed by atoms with Crippen LogP contribution in [0, 0.1) is 5.92 Å². The summed E-state index contributed by atoms with van der Waals surface area (Å²) < 4.78 is 0. The second-order valence-electron chi connectivity index (χ2n) is 6.93. The lowest BCUT2D eigenvalue weighted by Gasteiger charge is -2.32. The maximum absolute atomic E-state index is 12.6. The van der Waals surface area contributed by atoms with Gasteiger partial charge in [0.1, 0.15) is 5.54 Å². The molecule has 1 aliphatic heterocycles. The molecule has 2 aromatic rings. The number of carbonyl (C=O) groups is 1. The van der Waals surface area contributed by atoms with Crippen molar-refractivity contribution in [1.29, 1.82) is 0 Å². The number of pyridine rings is 2. The first kappa shape index (κ1) is 18.5. The van der Waals surface area contributed by atoms with E-state index in [1.165, 1.54) is 12.8 Å². The van der Waals surface area contributed by atoms with Crippen molar-refractivity contribution in [3.8, 4) is 0 Å². The molecule has 0 spiro atoms. The number of hydrogen-bond acceptors (Lipinski definition) is 5. The molecule has 0 aromatic carbocycles. The highest BCUT2D eigenvalue weighted by atomic mass is 16.1. The van der Waals surface area contributed by atoms with E-state index in [1.807, 2.05) is 30.3 Å². The minimum absolute atomic E-state index is 0.404. The summed E-state index contributed by atoms with van der Waals surface area (Å²) in [5.74, 6) is 0.275. The molecule has 1 amide bonds. The summed E-state index contributed by atoms with van der Waals surface area (Å²) in [6, 6.07) is 9.42. The first-order valence-corrected chi connectivity index (χ1v) is 9.27. The molecule has 0 saturated carbocycles. The molecule has 0 bridgehead atoms. The van der Waals surface area contributed by atoms with Crippen molar-refractivity contribution in [2.24, 2.45) is 11.7 Å². The molecule has 26 heavy (non-hydrogen) atoms. The summed E-state index contributed by atoms with van der Waals surface area (Å²) in [7, 11) is 0. The van der Waals surface area contributed by atoms with Crippen LogP contribution in [0.3, 0.4) is 0 Å². The minimum Gasteiger partial charge on any atom is -0.368 e. The maximum atomic E-state index is 12.6. The first-order valence-electron chi connectivity index (χ1n) is 9.27. The van der Waals surface area contributed by atoms with Gasteiger partial charge >= 0.3 is 0 Å². The van der Waals surface area contributed by atoms with Crippen LogP contribution < -0.4 is 16.4 Å². The van der Waals surface area contributed by atoms with Crippen molar-refractivity contribution in [2.75, 3.05) is 19.6 Å². The third kappa shape index (κ3) is 4.45. The number of nitrogens with one attached hydrogen (secondary N) is 2. The van der Waals surface area contributed by atoms with Gasteiger partial charge in [-0.05, 0) is 74.6 Å². The molecule has 138 valence electrons. The molecule has 2 aromatic heterocycles. The number of primary amides is 1. The topological polar surface area (TPSA) is 92.9 Å². The lowest BCUT2D eigenvalue weighted by atomic mass is 9.85. The number of aromatic nitrogens is 2. The first-order chi connectivity index (χ1) is 12.7. The van der Waals surface area contributed by atoms with Gasteiger partial charge in [0, 0.05) is 25.0 Å². The zero-order valence-electron chi connectivity index (χ0n) is 15.0. The van der Waals surface area contributed by atoms with Crippen molar-refractivity contribution < 1.29 is 4.79 Å². The Morgan fingerprint density at radius 2 is 1.96 bits per heavy atom. The molecule has 0 aliphatic carbocycles. The smallest absolute Gasteiger partial charge is 0.244 e. The third-order valence-electron chi connectivity index (χ3n) is 5.18. The van der Waals surface area contributed by atoms with E-state index in [0.717, 1.165) is 31.6 Å². The summed E-state index contributed by atoms with van der Waals surface area (Å²) >= 11 is 0. The minimum atomic E-state index is -1.02. The van der Waals surface area contributed by atoms with E-state index in [0.29, 0.717) is 18.0 Å². The van der Waals surface area contributed by atoms with Crippen LogP contribution >= 0.6 is 0 Å². The SMILES string of the molecule is NC(=O)C(Cc1ccncc1)(NCCC1CCNCC1)c1ccccn1. The lowest BCUT2D eigenvalue weighted by molar-refractivity contribution is -0.125. The summed E-state index contributed by atoms with van der Waals surface area (Å²) in [5.41, 5.74) is 6.55. The number of amides is 1. The second kappa shape index (κ2) is 8.87. The number of nitrogens with zero attached hydrogens (tertiary/aromatic N) is 2. The molecule has 1 aliphatic rings. The van der Waals surface area contributed by atoms with Gasteiger partial charge in [0.2, 0.25) is 5.91 Å². The van der Waals surface area contributed by atoms with Crippen LogP contribution in [-0.4, -0.2) is 35.5 Å². The highest BCUT2D eigenvalue weighted by Crippen LogP contribution is 2.25. The molecule has 6 nitrogen and oxygen atoms in total. The average molecular weight is 353 g/mol. The zero-order valence-corrected chi connectivity index (χ0v) is 15.0. The number of carbonyl (C=O) groups excluding carboxylic acids is 1. The third-order valence-corrected chi connectivity index (χ3v) is 5.18. The predicted octanol–water partition coefficient (Wildman–Crippen LogP) is 1.38. The van der Waals surface area contributed by atoms with Crippen molar-refractivity contribution in [2.45, 2.75) is 31.2 Å². The Hall–Kier alpha value is -2.31. The molecule has 1 atom stereocenters. The summed E-state index contributed by atoms with van der Waals surface area (Å²) in [6.45, 7) is 2.88. The Morgan fingerprint density at radius 1 is 1.19 bits per heavy atom. The van der Waals surface area contributed by atoms with Crippen molar-refractivity contribution in [3.63, 3.8) is 0 Å². The van der Waals surface area contributed by atoms with Crippen LogP contribution in [-0.2, 0) is 16.8 Å². The number of nitrogens with two attached hydrogens (primary N) is 1. The zero-order chi connectivity index (χ0) is 18.2. The van der Waals surface area contributed by atoms with E-state index < -0.39 is 11.4 Å². The standard InChI is InChI=1S/C20H27N5O/c21-19(26)20(18-3-1-2-9-24-18,15-17-6-12-23-13-7-17)25-14-8-16-4-10-22-11-5-16/h1-3,6-7,9,12-13,16,22,25H,4-5,8,10-11,14-15H2,(H2,21,26). The summed E-state index contributed by atoms with van der Waals surface area (Å²) in [6.07, 6.45) is 9.00. The van der Waals surface area contributed by atoms with Gasteiger partial charge in [0.25, 0.3) is 0 Å². The Bertz CT molecular complexity index is 688. The lowest BCUT2D eigenvalue weighted by Crippen LogP contribution is -2.55. The van der Waals surface area contributed by atoms with E-state index in [2.05, 4.69) is 20.6 Å². The van der Waals surface area contributed by atoms with Crippen LogP contribution in [0.4, 0.5) is 0 Å². The summed E-state index contributed by atoms with van der Waals surface area (Å²) in [4.78, 5) is 21.1. The van der Waals surface area contributed by atoms with E-state index in [9.17, 15) is 4.79 Å². The Morgan fingerprint density at radius 3 is 2.62 bits per heavy atom. The Labute approximate surface area is 154 Å². The van der Waals surface area contributed by atoms with Crippen molar-refractivity contribution in [3.05, 3.63) is 60.2 Å². The van der Waals surface area contributed by atoms with E-state index in [4.69, 9.17) is 5.73 Å². The van der Waals surface area contributed by atoms with Crippen molar-refractivity contribution >= 4 is 5.91 Å². The molecular formula is C20H27N5O. The number of rotatable bonds is 8. The Balaban J connectivity index is 1.80. The highest BCUT2D eigenvalue weighted by Gasteiger charge is 2.39. The van der Waals surface area contributed by atoms with Gasteiger partial charge < -0.3 is 11.1 Å². The fourth-order valence-corrected chi connectivity index (χ4v) is 3.63. The predicted molar refractivity (Wildman–Crippen MR) is 101 cm³/mol. The fraction of sp³-hybridized carbons (Fsp3) is 0.450. The van der Waals surface area contributed by atoms with Gasteiger partial charge in [0.05, 0.1) is 5.69 Å². The van der Waals surface area contributed by atoms with Crippen LogP contribution in [0.25, 0.3) is 0 Å². The molecule has 3 rings (SSSR count). The van der Waals surface area contributed by atoms with E-state index in [1.54, 1.807) is 18.6 Å². The maximum Gasteiger partial charge on any atom is 0.244 e. The largest absolute Gasteiger partial charge is 0.368 e. The monoisotopic (exact) mass is 353 g/mol. The van der Waals surface area contributed by atoms with Crippen LogP contribution in [0.1, 0.15) is 30.5 Å². The molecule has 1 fully saturated rings. The molecule has 6 heteroatoms. The number of piperidine rings is 1. The van der Waals surface area contributed by atoms with Gasteiger partial charge in [-0.2, -0.15) is 0 Å².